The van der Waals surface area contributed by atoms with E-state index in [9.17, 15) is 14.4 Å². The van der Waals surface area contributed by atoms with Crippen LogP contribution in [0.4, 0.5) is 0 Å². The van der Waals surface area contributed by atoms with Crippen molar-refractivity contribution in [3.8, 4) is 0 Å². The number of fused-ring (bicyclic) bond motifs is 1. The zero-order chi connectivity index (χ0) is 26.3. The van der Waals surface area contributed by atoms with Crippen molar-refractivity contribution < 1.29 is 23.9 Å². The summed E-state index contributed by atoms with van der Waals surface area (Å²) < 4.78 is 11.1. The summed E-state index contributed by atoms with van der Waals surface area (Å²) in [6.07, 6.45) is 4.67. The molecule has 4 aliphatic rings. The average Bonchev–Trinajstić information content (AvgIpc) is 3.56. The molecule has 1 N–H and O–H groups in total. The van der Waals surface area contributed by atoms with Crippen LogP contribution in [-0.4, -0.2) is 91.1 Å². The predicted molar refractivity (Wildman–Crippen MR) is 181 cm³/mol. The number of methoxy groups -OCH3 is 1. The van der Waals surface area contributed by atoms with Crippen LogP contribution >= 0.6 is 54.0 Å². The minimum absolute atomic E-state index is 0. The SMILES string of the molecule is CO[C@H]1CN(C(=O)[C@H](CC(C)(C)C)NC(=O)c2ccc(C3CCN(C4CC4)CC3)cc2)[C@@H]2C(=O)CO[C@H]12.S.S.S.S. The van der Waals surface area contributed by atoms with E-state index in [4.69, 9.17) is 9.47 Å². The summed E-state index contributed by atoms with van der Waals surface area (Å²) in [5.41, 5.74) is 1.62. The van der Waals surface area contributed by atoms with Gasteiger partial charge in [0.1, 0.15) is 30.9 Å². The Morgan fingerprint density at radius 2 is 1.63 bits per heavy atom. The molecule has 0 radical (unpaired) electrons. The molecule has 2 amide bonds. The van der Waals surface area contributed by atoms with Crippen LogP contribution in [0.5, 0.6) is 0 Å². The molecule has 3 aliphatic heterocycles. The van der Waals surface area contributed by atoms with E-state index in [1.807, 2.05) is 32.9 Å². The summed E-state index contributed by atoms with van der Waals surface area (Å²) in [4.78, 5) is 43.7. The molecule has 3 saturated heterocycles. The van der Waals surface area contributed by atoms with Gasteiger partial charge in [-0.2, -0.15) is 54.0 Å². The van der Waals surface area contributed by atoms with Crippen molar-refractivity contribution in [2.24, 2.45) is 5.41 Å². The summed E-state index contributed by atoms with van der Waals surface area (Å²) in [5, 5.41) is 2.99. The van der Waals surface area contributed by atoms with Gasteiger partial charge in [-0.15, -0.1) is 0 Å². The van der Waals surface area contributed by atoms with Gasteiger partial charge in [-0.3, -0.25) is 14.4 Å². The number of Topliss-reactive ketones (excluding diaryl/α,β-unsaturated/α-hetero) is 1. The third-order valence-electron chi connectivity index (χ3n) is 8.38. The van der Waals surface area contributed by atoms with E-state index in [2.05, 4.69) is 22.3 Å². The van der Waals surface area contributed by atoms with Crippen LogP contribution < -0.4 is 5.32 Å². The second-order valence-corrected chi connectivity index (χ2v) is 12.4. The minimum atomic E-state index is -0.747. The van der Waals surface area contributed by atoms with E-state index < -0.39 is 18.2 Å². The molecule has 0 aromatic heterocycles. The molecular weight excluding hydrogens is 599 g/mol. The number of benzene rings is 1. The largest absolute Gasteiger partial charge is 0.377 e. The number of carbonyl (C=O) groups is 3. The Bertz CT molecular complexity index is 1030. The molecule has 1 saturated carbocycles. The molecule has 234 valence electrons. The van der Waals surface area contributed by atoms with Gasteiger partial charge < -0.3 is 24.6 Å². The summed E-state index contributed by atoms with van der Waals surface area (Å²) in [5.74, 6) is -0.107. The molecule has 1 aromatic carbocycles. The Morgan fingerprint density at radius 3 is 2.17 bits per heavy atom. The van der Waals surface area contributed by atoms with Crippen LogP contribution in [0.3, 0.4) is 0 Å². The highest BCUT2D eigenvalue weighted by atomic mass is 32.1. The third-order valence-corrected chi connectivity index (χ3v) is 8.38. The summed E-state index contributed by atoms with van der Waals surface area (Å²) >= 11 is 0. The number of ether oxygens (including phenoxy) is 2. The fraction of sp³-hybridized carbons (Fsp3) is 0.690. The number of nitrogens with zero attached hydrogens (tertiary/aromatic N) is 2. The molecule has 8 nitrogen and oxygen atoms in total. The molecular formula is C29H49N3O5S4. The van der Waals surface area contributed by atoms with E-state index in [-0.39, 0.29) is 96.3 Å². The first kappa shape index (κ1) is 38.1. The molecule has 0 unspecified atom stereocenters. The highest BCUT2D eigenvalue weighted by Gasteiger charge is 2.53. The number of nitrogens with one attached hydrogen (secondary N) is 1. The van der Waals surface area contributed by atoms with Crippen molar-refractivity contribution in [3.05, 3.63) is 35.4 Å². The zero-order valence-corrected chi connectivity index (χ0v) is 28.6. The van der Waals surface area contributed by atoms with E-state index >= 15 is 0 Å². The number of likely N-dealkylation sites (tertiary alicyclic amines) is 2. The van der Waals surface area contributed by atoms with Crippen molar-refractivity contribution in [2.75, 3.05) is 33.4 Å². The molecule has 1 aromatic rings. The fourth-order valence-corrected chi connectivity index (χ4v) is 6.25. The first-order valence-electron chi connectivity index (χ1n) is 13.8. The Labute approximate surface area is 272 Å². The lowest BCUT2D eigenvalue weighted by Crippen LogP contribution is -2.53. The highest BCUT2D eigenvalue weighted by Crippen LogP contribution is 2.35. The second-order valence-electron chi connectivity index (χ2n) is 12.4. The number of hydrogen-bond donors (Lipinski definition) is 1. The minimum Gasteiger partial charge on any atom is -0.377 e. The number of hydrogen-bond acceptors (Lipinski definition) is 6. The Morgan fingerprint density at radius 1 is 1.02 bits per heavy atom. The Hall–Kier alpha value is -0.890. The average molecular weight is 648 g/mol. The molecule has 0 spiro atoms. The van der Waals surface area contributed by atoms with Crippen LogP contribution in [0.25, 0.3) is 0 Å². The van der Waals surface area contributed by atoms with Gasteiger partial charge in [-0.25, -0.2) is 0 Å². The zero-order valence-electron chi connectivity index (χ0n) is 24.6. The van der Waals surface area contributed by atoms with E-state index in [0.29, 0.717) is 17.9 Å². The summed E-state index contributed by atoms with van der Waals surface area (Å²) in [6, 6.07) is 7.30. The van der Waals surface area contributed by atoms with Gasteiger partial charge >= 0.3 is 0 Å². The van der Waals surface area contributed by atoms with E-state index in [1.54, 1.807) is 12.0 Å². The second kappa shape index (κ2) is 15.7. The maximum atomic E-state index is 13.7. The normalized spacial score (nSPS) is 25.1. The van der Waals surface area contributed by atoms with Gasteiger partial charge in [0, 0.05) is 18.7 Å². The van der Waals surface area contributed by atoms with Crippen molar-refractivity contribution in [2.45, 2.75) is 89.1 Å². The van der Waals surface area contributed by atoms with Crippen LogP contribution in [0.1, 0.15) is 74.7 Å². The Kier molecular flexibility index (Phi) is 14.6. The van der Waals surface area contributed by atoms with Crippen molar-refractivity contribution in [1.29, 1.82) is 0 Å². The molecule has 1 aliphatic carbocycles. The van der Waals surface area contributed by atoms with E-state index in [1.165, 1.54) is 18.4 Å². The van der Waals surface area contributed by atoms with Crippen LogP contribution in [0.15, 0.2) is 24.3 Å². The number of rotatable bonds is 7. The summed E-state index contributed by atoms with van der Waals surface area (Å²) in [6.45, 7) is 8.70. The monoisotopic (exact) mass is 647 g/mol. The highest BCUT2D eigenvalue weighted by molar-refractivity contribution is 7.59. The molecule has 4 fully saturated rings. The molecule has 4 atom stereocenters. The van der Waals surface area contributed by atoms with Crippen LogP contribution in [0, 0.1) is 5.41 Å². The van der Waals surface area contributed by atoms with Gasteiger partial charge in [0.25, 0.3) is 5.91 Å². The quantitative estimate of drug-likeness (QED) is 0.489. The molecule has 5 rings (SSSR count). The molecule has 12 heteroatoms. The first-order chi connectivity index (χ1) is 17.6. The molecule has 3 heterocycles. The Balaban J connectivity index is 0.00000210. The lowest BCUT2D eigenvalue weighted by molar-refractivity contribution is -0.138. The van der Waals surface area contributed by atoms with Crippen molar-refractivity contribution >= 4 is 71.6 Å². The molecule has 0 bridgehead atoms. The fourth-order valence-electron chi connectivity index (χ4n) is 6.25. The maximum absolute atomic E-state index is 13.7. The smallest absolute Gasteiger partial charge is 0.251 e. The topological polar surface area (TPSA) is 88.2 Å². The maximum Gasteiger partial charge on any atom is 0.251 e. The van der Waals surface area contributed by atoms with Gasteiger partial charge in [0.05, 0.1) is 6.54 Å². The van der Waals surface area contributed by atoms with Gasteiger partial charge in [-0.1, -0.05) is 32.9 Å². The van der Waals surface area contributed by atoms with Gasteiger partial charge in [0.2, 0.25) is 5.91 Å². The van der Waals surface area contributed by atoms with Gasteiger partial charge in [0.15, 0.2) is 5.78 Å². The lowest BCUT2D eigenvalue weighted by atomic mass is 9.87. The van der Waals surface area contributed by atoms with Crippen molar-refractivity contribution in [3.63, 3.8) is 0 Å². The molecule has 41 heavy (non-hydrogen) atoms. The van der Waals surface area contributed by atoms with Crippen LogP contribution in [0.2, 0.25) is 0 Å². The lowest BCUT2D eigenvalue weighted by Gasteiger charge is -2.32. The number of carbonyl (C=O) groups excluding carboxylic acids is 3. The first-order valence-corrected chi connectivity index (χ1v) is 13.8. The van der Waals surface area contributed by atoms with E-state index in [0.717, 1.165) is 32.0 Å². The summed E-state index contributed by atoms with van der Waals surface area (Å²) in [7, 11) is 1.57. The van der Waals surface area contributed by atoms with Crippen LogP contribution in [-0.2, 0) is 19.1 Å². The van der Waals surface area contributed by atoms with Crippen molar-refractivity contribution in [1.82, 2.24) is 15.1 Å². The predicted octanol–water partition coefficient (Wildman–Crippen LogP) is 3.21. The number of amides is 2. The number of ketones is 1. The standard InChI is InChI=1S/C29H41N3O5.4H2S/c1-29(2,3)15-22(28(35)32-16-24(36-4)26-25(32)23(33)17-37-26)30-27(34)20-7-5-18(6-8-20)19-11-13-31(14-12-19)21-9-10-21;;;;/h5-8,19,21-22,24-26H,9-17H2,1-4H3,(H,30,34);4*1H2/t22-,24-,25+,26+;;;;/m0..../s1. The third kappa shape index (κ3) is 8.83. The number of piperidine rings is 1. The van der Waals surface area contributed by atoms with Gasteiger partial charge in [-0.05, 0) is 74.2 Å².